The molecule has 5 saturated carbocycles. The van der Waals surface area contributed by atoms with E-state index in [1.165, 1.54) is 38.5 Å². The molecule has 5 aliphatic carbocycles. The zero-order valence-electron chi connectivity index (χ0n) is 26.9. The Morgan fingerprint density at radius 2 is 1.50 bits per heavy atom. The van der Waals surface area contributed by atoms with Crippen molar-refractivity contribution in [3.63, 3.8) is 0 Å². The molecule has 4 nitrogen and oxygen atoms in total. The Kier molecular flexibility index (Phi) is 8.26. The summed E-state index contributed by atoms with van der Waals surface area (Å²) in [5, 5.41) is 21.8. The van der Waals surface area contributed by atoms with Crippen molar-refractivity contribution in [2.24, 2.45) is 45.8 Å². The Morgan fingerprint density at radius 1 is 0.833 bits per heavy atom. The number of aliphatic hydroxyl groups excluding tert-OH is 1. The summed E-state index contributed by atoms with van der Waals surface area (Å²) in [6.45, 7) is 9.62. The van der Waals surface area contributed by atoms with Crippen LogP contribution >= 0.6 is 0 Å². The largest absolute Gasteiger partial charge is 0.393 e. The summed E-state index contributed by atoms with van der Waals surface area (Å²) in [5.74, 6) is 3.21. The maximum Gasteiger partial charge on any atom is 0.181 e. The van der Waals surface area contributed by atoms with Gasteiger partial charge in [0, 0.05) is 0 Å². The summed E-state index contributed by atoms with van der Waals surface area (Å²) >= 11 is 0. The van der Waals surface area contributed by atoms with Gasteiger partial charge in [-0.1, -0.05) is 52.3 Å². The molecule has 0 bridgehead atoms. The first-order chi connectivity index (χ1) is 19.8. The summed E-state index contributed by atoms with van der Waals surface area (Å²) in [4.78, 5) is 0.418. The average molecular weight is 599 g/mol. The highest BCUT2D eigenvalue weighted by Crippen LogP contribution is 2.68. The van der Waals surface area contributed by atoms with E-state index in [1.54, 1.807) is 12.1 Å². The predicted molar refractivity (Wildman–Crippen MR) is 170 cm³/mol. The summed E-state index contributed by atoms with van der Waals surface area (Å²) < 4.78 is 28.6. The fourth-order valence-electron chi connectivity index (χ4n) is 11.5. The molecule has 236 valence electrons. The van der Waals surface area contributed by atoms with Gasteiger partial charge >= 0.3 is 0 Å². The molecule has 0 saturated heterocycles. The molecular weight excluding hydrogens is 540 g/mol. The summed E-state index contributed by atoms with van der Waals surface area (Å²) in [7, 11) is -3.56. The van der Waals surface area contributed by atoms with Crippen LogP contribution in [0, 0.1) is 45.8 Å². The zero-order valence-corrected chi connectivity index (χ0v) is 27.7. The SMILES string of the molecule is CCC1(C)CCC(O)(CC(CC2CCC3C4CCC5CC(O)CCC5(C)C4CCC23C)S(=O)(=O)c2ccccc2)CC1. The first kappa shape index (κ1) is 31.1. The lowest BCUT2D eigenvalue weighted by atomic mass is 9.44. The van der Waals surface area contributed by atoms with Crippen molar-refractivity contribution in [3.8, 4) is 0 Å². The Bertz CT molecular complexity index is 1200. The highest BCUT2D eigenvalue weighted by molar-refractivity contribution is 7.92. The minimum Gasteiger partial charge on any atom is -0.393 e. The van der Waals surface area contributed by atoms with E-state index in [-0.39, 0.29) is 16.9 Å². The number of rotatable bonds is 7. The van der Waals surface area contributed by atoms with Crippen LogP contribution in [0.5, 0.6) is 0 Å². The molecule has 0 spiro atoms. The number of fused-ring (bicyclic) bond motifs is 5. The van der Waals surface area contributed by atoms with Crippen molar-refractivity contribution >= 4 is 9.84 Å². The second-order valence-corrected chi connectivity index (χ2v) is 18.9. The van der Waals surface area contributed by atoms with Crippen LogP contribution in [0.25, 0.3) is 0 Å². The molecule has 0 aliphatic heterocycles. The van der Waals surface area contributed by atoms with E-state index in [2.05, 4.69) is 27.7 Å². The first-order valence-corrected chi connectivity index (χ1v) is 19.1. The summed E-state index contributed by atoms with van der Waals surface area (Å²) in [5.41, 5.74) is -0.0931. The smallest absolute Gasteiger partial charge is 0.181 e. The third-order valence-electron chi connectivity index (χ3n) is 14.7. The minimum absolute atomic E-state index is 0.109. The normalized spacial score (nSPS) is 46.3. The number of hydrogen-bond acceptors (Lipinski definition) is 4. The lowest BCUT2D eigenvalue weighted by Gasteiger charge is -2.61. The molecule has 6 rings (SSSR count). The standard InChI is InChI=1S/C37H58O4S/c1-5-34(2)19-21-37(39,22-20-34)25-30(42(40,41)29-9-7-6-8-10-29)24-27-12-14-32-31-13-11-26-23-28(38)15-17-35(26,3)33(31)16-18-36(27,32)4/h6-10,26-28,30-33,38-39H,5,11-25H2,1-4H3. The summed E-state index contributed by atoms with van der Waals surface area (Å²) in [6, 6.07) is 9.07. The van der Waals surface area contributed by atoms with Crippen LogP contribution in [0.4, 0.5) is 0 Å². The van der Waals surface area contributed by atoms with E-state index in [1.807, 2.05) is 18.2 Å². The van der Waals surface area contributed by atoms with Gasteiger partial charge < -0.3 is 10.2 Å². The molecule has 42 heavy (non-hydrogen) atoms. The molecule has 0 aromatic heterocycles. The lowest BCUT2D eigenvalue weighted by Crippen LogP contribution is -2.54. The fourth-order valence-corrected chi connectivity index (χ4v) is 13.4. The Balaban J connectivity index is 1.24. The predicted octanol–water partition coefficient (Wildman–Crippen LogP) is 8.35. The molecule has 9 atom stereocenters. The maximum absolute atomic E-state index is 14.3. The van der Waals surface area contributed by atoms with Crippen LogP contribution in [0.15, 0.2) is 35.2 Å². The van der Waals surface area contributed by atoms with E-state index >= 15 is 0 Å². The van der Waals surface area contributed by atoms with Crippen molar-refractivity contribution in [3.05, 3.63) is 30.3 Å². The van der Waals surface area contributed by atoms with E-state index in [4.69, 9.17) is 0 Å². The number of sulfone groups is 1. The summed E-state index contributed by atoms with van der Waals surface area (Å²) in [6.07, 6.45) is 15.9. The molecule has 9 unspecified atom stereocenters. The van der Waals surface area contributed by atoms with Gasteiger partial charge in [-0.25, -0.2) is 8.42 Å². The van der Waals surface area contributed by atoms with Gasteiger partial charge in [-0.2, -0.15) is 0 Å². The van der Waals surface area contributed by atoms with Crippen LogP contribution in [-0.4, -0.2) is 35.6 Å². The fraction of sp³-hybridized carbons (Fsp3) is 0.838. The monoisotopic (exact) mass is 598 g/mol. The quantitative estimate of drug-likeness (QED) is 0.331. The van der Waals surface area contributed by atoms with E-state index in [9.17, 15) is 18.6 Å². The molecular formula is C37H58O4S. The van der Waals surface area contributed by atoms with Gasteiger partial charge in [-0.3, -0.25) is 0 Å². The van der Waals surface area contributed by atoms with Gasteiger partial charge in [-0.05, 0) is 154 Å². The third kappa shape index (κ3) is 5.34. The van der Waals surface area contributed by atoms with Gasteiger partial charge in [0.1, 0.15) is 0 Å². The number of hydrogen-bond donors (Lipinski definition) is 2. The average Bonchev–Trinajstić information content (AvgIpc) is 3.31. The second kappa shape index (κ2) is 11.2. The molecule has 5 aliphatic rings. The molecule has 1 aromatic rings. The van der Waals surface area contributed by atoms with Gasteiger partial charge in [0.15, 0.2) is 9.84 Å². The molecule has 0 heterocycles. The van der Waals surface area contributed by atoms with Gasteiger partial charge in [0.2, 0.25) is 0 Å². The lowest BCUT2D eigenvalue weighted by molar-refractivity contribution is -0.127. The van der Waals surface area contributed by atoms with Crippen molar-refractivity contribution < 1.29 is 18.6 Å². The van der Waals surface area contributed by atoms with Crippen LogP contribution in [-0.2, 0) is 9.84 Å². The van der Waals surface area contributed by atoms with Crippen molar-refractivity contribution in [1.29, 1.82) is 0 Å². The molecule has 2 N–H and O–H groups in total. The topological polar surface area (TPSA) is 74.6 Å². The van der Waals surface area contributed by atoms with Crippen molar-refractivity contribution in [2.45, 2.75) is 152 Å². The van der Waals surface area contributed by atoms with Crippen LogP contribution in [0.3, 0.4) is 0 Å². The molecule has 0 amide bonds. The molecule has 5 fully saturated rings. The Morgan fingerprint density at radius 3 is 2.19 bits per heavy atom. The van der Waals surface area contributed by atoms with Crippen LogP contribution < -0.4 is 0 Å². The van der Waals surface area contributed by atoms with Crippen LogP contribution in [0.2, 0.25) is 0 Å². The van der Waals surface area contributed by atoms with Crippen LogP contribution in [0.1, 0.15) is 130 Å². The Labute approximate surface area is 256 Å². The van der Waals surface area contributed by atoms with Crippen molar-refractivity contribution in [2.75, 3.05) is 0 Å². The van der Waals surface area contributed by atoms with Gasteiger partial charge in [0.05, 0.1) is 21.9 Å². The molecule has 0 radical (unpaired) electrons. The highest BCUT2D eigenvalue weighted by Gasteiger charge is 2.60. The first-order valence-electron chi connectivity index (χ1n) is 17.5. The zero-order chi connectivity index (χ0) is 30.0. The van der Waals surface area contributed by atoms with Gasteiger partial charge in [-0.15, -0.1) is 0 Å². The molecule has 1 aromatic carbocycles. The Hall–Kier alpha value is -0.910. The third-order valence-corrected chi connectivity index (χ3v) is 16.9. The van der Waals surface area contributed by atoms with E-state index < -0.39 is 20.7 Å². The number of aliphatic hydroxyl groups is 2. The van der Waals surface area contributed by atoms with Crippen molar-refractivity contribution in [1.82, 2.24) is 0 Å². The maximum atomic E-state index is 14.3. The van der Waals surface area contributed by atoms with E-state index in [0.29, 0.717) is 53.7 Å². The van der Waals surface area contributed by atoms with Gasteiger partial charge in [0.25, 0.3) is 0 Å². The number of benzene rings is 1. The minimum atomic E-state index is -3.56. The second-order valence-electron chi connectivity index (χ2n) is 16.7. The molecule has 5 heteroatoms. The highest BCUT2D eigenvalue weighted by atomic mass is 32.2. The van der Waals surface area contributed by atoms with E-state index in [0.717, 1.165) is 50.4 Å².